The molecule has 1 fully saturated rings. The van der Waals surface area contributed by atoms with Gasteiger partial charge in [-0.25, -0.2) is 13.8 Å². The van der Waals surface area contributed by atoms with Gasteiger partial charge in [0.2, 0.25) is 11.7 Å². The molecular formula is C24H23ClF5N3O3. The molecule has 1 aromatic carbocycles. The highest BCUT2D eigenvalue weighted by molar-refractivity contribution is 6.32. The van der Waals surface area contributed by atoms with Crippen LogP contribution in [-0.2, 0) is 12.8 Å². The Hall–Kier alpha value is -3.08. The number of hydrogen-bond acceptors (Lipinski definition) is 5. The molecule has 0 aliphatic heterocycles. The van der Waals surface area contributed by atoms with Crippen LogP contribution in [0.15, 0.2) is 30.5 Å². The molecule has 0 unspecified atom stereocenters. The molecule has 2 heterocycles. The summed E-state index contributed by atoms with van der Waals surface area (Å²) in [4.78, 5) is 10.9. The first-order valence-electron chi connectivity index (χ1n) is 11.1. The highest BCUT2D eigenvalue weighted by atomic mass is 35.5. The van der Waals surface area contributed by atoms with Crippen molar-refractivity contribution in [1.82, 2.24) is 15.0 Å². The molecule has 0 atom stereocenters. The van der Waals surface area contributed by atoms with E-state index < -0.39 is 17.8 Å². The van der Waals surface area contributed by atoms with E-state index in [1.54, 1.807) is 12.1 Å². The third kappa shape index (κ3) is 5.50. The summed E-state index contributed by atoms with van der Waals surface area (Å²) < 4.78 is 82.1. The van der Waals surface area contributed by atoms with Crippen LogP contribution in [0.5, 0.6) is 17.2 Å². The Labute approximate surface area is 208 Å². The molecule has 1 aliphatic rings. The first kappa shape index (κ1) is 26.0. The molecule has 0 bridgehead atoms. The molecule has 1 aliphatic carbocycles. The fourth-order valence-corrected chi connectivity index (χ4v) is 4.38. The number of aromatic nitrogens is 3. The van der Waals surface area contributed by atoms with Crippen molar-refractivity contribution in [3.05, 3.63) is 52.7 Å². The molecule has 12 heteroatoms. The van der Waals surface area contributed by atoms with Gasteiger partial charge in [0, 0.05) is 36.1 Å². The van der Waals surface area contributed by atoms with Gasteiger partial charge in [-0.1, -0.05) is 17.7 Å². The smallest absolute Gasteiger partial charge is 0.433 e. The van der Waals surface area contributed by atoms with Crippen molar-refractivity contribution in [1.29, 1.82) is 0 Å². The van der Waals surface area contributed by atoms with Crippen LogP contribution in [0.2, 0.25) is 5.15 Å². The number of halogens is 6. The Morgan fingerprint density at radius 2 is 1.75 bits per heavy atom. The van der Waals surface area contributed by atoms with Gasteiger partial charge in [0.25, 0.3) is 0 Å². The monoisotopic (exact) mass is 531 g/mol. The van der Waals surface area contributed by atoms with Crippen molar-refractivity contribution in [3.63, 3.8) is 0 Å². The van der Waals surface area contributed by atoms with Crippen LogP contribution in [0.1, 0.15) is 48.7 Å². The van der Waals surface area contributed by atoms with Gasteiger partial charge in [-0.2, -0.15) is 13.2 Å². The number of imidazole rings is 1. The maximum atomic E-state index is 13.6. The molecule has 0 amide bonds. The summed E-state index contributed by atoms with van der Waals surface area (Å²) in [6.45, 7) is -0.0642. The first-order valence-corrected chi connectivity index (χ1v) is 11.4. The summed E-state index contributed by atoms with van der Waals surface area (Å²) in [7, 11) is 2.84. The van der Waals surface area contributed by atoms with Crippen LogP contribution in [0.3, 0.4) is 0 Å². The lowest BCUT2D eigenvalue weighted by atomic mass is 9.86. The Kier molecular flexibility index (Phi) is 7.31. The number of pyridine rings is 1. The van der Waals surface area contributed by atoms with Crippen LogP contribution in [-0.4, -0.2) is 35.1 Å². The Balaban J connectivity index is 1.57. The van der Waals surface area contributed by atoms with E-state index in [4.69, 9.17) is 25.8 Å². The standard InChI is InChI=1S/C24H23ClF5N3O3/c1-34-19-15(18-21(25)33-22(32-18)14-7-9-23(26,27)10-8-14)4-5-16(20(19)35-2)36-12-13-3-6-17(31-11-13)24(28,29)30/h3-6,11,14H,7-10,12H2,1-2H3,(H,32,33). The van der Waals surface area contributed by atoms with Gasteiger partial charge in [-0.05, 0) is 31.0 Å². The number of H-pyrrole nitrogens is 1. The van der Waals surface area contributed by atoms with E-state index in [2.05, 4.69) is 15.0 Å². The van der Waals surface area contributed by atoms with E-state index in [0.29, 0.717) is 35.5 Å². The van der Waals surface area contributed by atoms with Crippen LogP contribution < -0.4 is 14.2 Å². The van der Waals surface area contributed by atoms with Crippen LogP contribution in [0.25, 0.3) is 11.3 Å². The van der Waals surface area contributed by atoms with Gasteiger partial charge in [0.1, 0.15) is 18.1 Å². The summed E-state index contributed by atoms with van der Waals surface area (Å²) >= 11 is 6.40. The zero-order chi connectivity index (χ0) is 26.1. The molecule has 36 heavy (non-hydrogen) atoms. The van der Waals surface area contributed by atoms with Crippen molar-refractivity contribution >= 4 is 11.6 Å². The van der Waals surface area contributed by atoms with Gasteiger partial charge >= 0.3 is 6.18 Å². The summed E-state index contributed by atoms with van der Waals surface area (Å²) in [5, 5.41) is 0.159. The SMILES string of the molecule is COc1c(OCc2ccc(C(F)(F)F)nc2)ccc(-c2[nH]c(C3CCC(F)(F)CC3)nc2Cl)c1OC. The molecule has 1 saturated carbocycles. The minimum atomic E-state index is -4.53. The topological polar surface area (TPSA) is 69.3 Å². The zero-order valence-electron chi connectivity index (χ0n) is 19.4. The first-order chi connectivity index (χ1) is 17.0. The predicted octanol–water partition coefficient (Wildman–Crippen LogP) is 7.03. The maximum Gasteiger partial charge on any atom is 0.433 e. The van der Waals surface area contributed by atoms with E-state index in [1.165, 1.54) is 20.3 Å². The molecule has 0 saturated heterocycles. The van der Waals surface area contributed by atoms with Crippen molar-refractivity contribution < 1.29 is 36.2 Å². The van der Waals surface area contributed by atoms with Gasteiger partial charge in [0.05, 0.1) is 19.9 Å². The molecule has 6 nitrogen and oxygen atoms in total. The zero-order valence-corrected chi connectivity index (χ0v) is 20.1. The predicted molar refractivity (Wildman–Crippen MR) is 122 cm³/mol. The molecule has 2 aromatic heterocycles. The van der Waals surface area contributed by atoms with Crippen molar-refractivity contribution in [2.45, 2.75) is 50.3 Å². The number of rotatable bonds is 7. The second-order valence-corrected chi connectivity index (χ2v) is 8.79. The lowest BCUT2D eigenvalue weighted by molar-refractivity contribution is -0.141. The van der Waals surface area contributed by atoms with E-state index in [9.17, 15) is 22.0 Å². The lowest BCUT2D eigenvalue weighted by Gasteiger charge is -2.26. The number of methoxy groups -OCH3 is 2. The summed E-state index contributed by atoms with van der Waals surface area (Å²) in [5.41, 5.74) is 0.389. The largest absolute Gasteiger partial charge is 0.492 e. The Morgan fingerprint density at radius 1 is 1.06 bits per heavy atom. The van der Waals surface area contributed by atoms with Crippen molar-refractivity contribution in [2.24, 2.45) is 0 Å². The van der Waals surface area contributed by atoms with Crippen molar-refractivity contribution in [3.8, 4) is 28.5 Å². The summed E-state index contributed by atoms with van der Waals surface area (Å²) in [5.74, 6) is -1.49. The lowest BCUT2D eigenvalue weighted by Crippen LogP contribution is -2.24. The molecular weight excluding hydrogens is 509 g/mol. The maximum absolute atomic E-state index is 13.6. The van der Waals surface area contributed by atoms with Gasteiger partial charge < -0.3 is 19.2 Å². The van der Waals surface area contributed by atoms with Crippen LogP contribution >= 0.6 is 11.6 Å². The highest BCUT2D eigenvalue weighted by Crippen LogP contribution is 2.47. The van der Waals surface area contributed by atoms with E-state index in [1.807, 2.05) is 0 Å². The van der Waals surface area contributed by atoms with Gasteiger partial charge in [-0.15, -0.1) is 0 Å². The molecule has 3 aromatic rings. The quantitative estimate of drug-likeness (QED) is 0.331. The number of nitrogens with zero attached hydrogens (tertiary/aromatic N) is 2. The number of hydrogen-bond donors (Lipinski definition) is 1. The average Bonchev–Trinajstić information content (AvgIpc) is 3.22. The Bertz CT molecular complexity index is 1200. The normalized spacial score (nSPS) is 16.1. The minimum absolute atomic E-state index is 0.0642. The number of benzene rings is 1. The van der Waals surface area contributed by atoms with Crippen LogP contribution in [0.4, 0.5) is 22.0 Å². The van der Waals surface area contributed by atoms with Gasteiger partial charge in [0.15, 0.2) is 16.7 Å². The number of alkyl halides is 5. The number of ether oxygens (including phenoxy) is 3. The van der Waals surface area contributed by atoms with E-state index in [-0.39, 0.29) is 47.8 Å². The minimum Gasteiger partial charge on any atom is -0.492 e. The molecule has 194 valence electrons. The van der Waals surface area contributed by atoms with Crippen molar-refractivity contribution in [2.75, 3.05) is 14.2 Å². The molecule has 1 N–H and O–H groups in total. The second kappa shape index (κ2) is 10.1. The highest BCUT2D eigenvalue weighted by Gasteiger charge is 2.37. The summed E-state index contributed by atoms with van der Waals surface area (Å²) in [6.07, 6.45) is -3.26. The summed E-state index contributed by atoms with van der Waals surface area (Å²) in [6, 6.07) is 5.43. The molecule has 4 rings (SSSR count). The van der Waals surface area contributed by atoms with E-state index >= 15 is 0 Å². The fraction of sp³-hybridized carbons (Fsp3) is 0.417. The number of aromatic amines is 1. The van der Waals surface area contributed by atoms with Crippen LogP contribution in [0, 0.1) is 0 Å². The van der Waals surface area contributed by atoms with Gasteiger partial charge in [-0.3, -0.25) is 4.98 Å². The molecule has 0 spiro atoms. The fourth-order valence-electron chi connectivity index (χ4n) is 4.14. The molecule has 0 radical (unpaired) electrons. The third-order valence-electron chi connectivity index (χ3n) is 6.04. The number of nitrogens with one attached hydrogen (secondary N) is 1. The Morgan fingerprint density at radius 3 is 2.33 bits per heavy atom. The average molecular weight is 532 g/mol. The second-order valence-electron chi connectivity index (χ2n) is 8.43. The third-order valence-corrected chi connectivity index (χ3v) is 6.32. The van der Waals surface area contributed by atoms with E-state index in [0.717, 1.165) is 12.3 Å².